The van der Waals surface area contributed by atoms with Crippen LogP contribution in [0.3, 0.4) is 0 Å². The minimum absolute atomic E-state index is 0. The highest BCUT2D eigenvalue weighted by Gasteiger charge is 2.19. The first kappa shape index (κ1) is 45.5. The third-order valence-electron chi connectivity index (χ3n) is 8.79. The van der Waals surface area contributed by atoms with Gasteiger partial charge in [0.15, 0.2) is 0 Å². The number of benzene rings is 4. The van der Waals surface area contributed by atoms with Crippen LogP contribution in [-0.4, -0.2) is 40.7 Å². The Kier molecular flexibility index (Phi) is 14.8. The van der Waals surface area contributed by atoms with Crippen LogP contribution in [0.5, 0.6) is 0 Å². The highest BCUT2D eigenvalue weighted by Crippen LogP contribution is 2.29. The smallest absolute Gasteiger partial charge is 0.262 e. The second-order valence-corrected chi connectivity index (χ2v) is 13.2. The first-order valence-corrected chi connectivity index (χ1v) is 18.2. The van der Waals surface area contributed by atoms with E-state index in [1.54, 1.807) is 77.2 Å². The van der Waals surface area contributed by atoms with Gasteiger partial charge in [-0.3, -0.25) is 19.0 Å². The van der Waals surface area contributed by atoms with Gasteiger partial charge < -0.3 is 11.1 Å². The summed E-state index contributed by atoms with van der Waals surface area (Å²) in [4.78, 5) is 30.7. The number of hydrogen-bond donors (Lipinski definition) is 2. The molecule has 1 amide bonds. The van der Waals surface area contributed by atoms with Gasteiger partial charge in [-0.1, -0.05) is 43.8 Å². The lowest BCUT2D eigenvalue weighted by Crippen LogP contribution is -2.16. The number of nitrogens with two attached hydrogens (primary N) is 1. The van der Waals surface area contributed by atoms with E-state index >= 15 is 0 Å². The Labute approximate surface area is 356 Å². The quantitative estimate of drug-likeness (QED) is 0.120. The van der Waals surface area contributed by atoms with E-state index in [2.05, 4.69) is 25.5 Å². The van der Waals surface area contributed by atoms with E-state index in [4.69, 9.17) is 17.3 Å². The van der Waals surface area contributed by atoms with Crippen molar-refractivity contribution in [1.82, 2.24) is 29.5 Å². The molecule has 4 heterocycles. The molecule has 0 radical (unpaired) electrons. The van der Waals surface area contributed by atoms with Crippen LogP contribution >= 0.6 is 11.6 Å². The number of halogens is 7. The average Bonchev–Trinajstić information content (AvgIpc) is 3.81. The monoisotopic (exact) mass is 868 g/mol. The van der Waals surface area contributed by atoms with Crippen molar-refractivity contribution >= 4 is 34.4 Å². The fraction of sp³-hybridized carbons (Fsp3) is 0.0667. The van der Waals surface area contributed by atoms with Crippen molar-refractivity contribution in [2.24, 2.45) is 14.1 Å². The second-order valence-electron chi connectivity index (χ2n) is 12.9. The zero-order valence-electron chi connectivity index (χ0n) is 31.9. The van der Waals surface area contributed by atoms with E-state index in [-0.39, 0.29) is 24.9 Å². The van der Waals surface area contributed by atoms with Crippen molar-refractivity contribution in [2.75, 3.05) is 11.1 Å². The molecular formula is C45H35ClF6N8O2. The van der Waals surface area contributed by atoms with Gasteiger partial charge in [-0.2, -0.15) is 10.2 Å². The molecule has 17 heteroatoms. The lowest BCUT2D eigenvalue weighted by atomic mass is 10.1. The number of nitrogens with one attached hydrogen (secondary N) is 1. The van der Waals surface area contributed by atoms with Gasteiger partial charge in [0.2, 0.25) is 0 Å². The summed E-state index contributed by atoms with van der Waals surface area (Å²) in [6.45, 7) is 0. The Morgan fingerprint density at radius 3 is 1.37 bits per heavy atom. The molecule has 62 heavy (non-hydrogen) atoms. The van der Waals surface area contributed by atoms with Crippen molar-refractivity contribution < 1.29 is 35.9 Å². The highest BCUT2D eigenvalue weighted by atomic mass is 35.5. The summed E-state index contributed by atoms with van der Waals surface area (Å²) in [7, 11) is 3.53. The van der Waals surface area contributed by atoms with Crippen LogP contribution in [0.4, 0.5) is 38.0 Å². The number of carbonyl (C=O) groups is 2. The molecule has 8 aromatic rings. The predicted octanol–water partition coefficient (Wildman–Crippen LogP) is 10.7. The molecule has 10 nitrogen and oxygen atoms in total. The SMILES string of the molecule is C.Cn1nc(-c2ccccc2F)cc1-c1ccc(N)nc1.Cn1nc(-c2ccccc2F)cc1-c1ccc(NC(=O)c2c(F)cccc2F)nc1.O=C(Cl)c1c(F)cccc1F. The molecule has 0 saturated heterocycles. The van der Waals surface area contributed by atoms with E-state index in [1.807, 2.05) is 19.2 Å². The molecule has 0 aliphatic carbocycles. The number of aryl methyl sites for hydroxylation is 2. The number of hydrogen-bond acceptors (Lipinski definition) is 7. The predicted molar refractivity (Wildman–Crippen MR) is 226 cm³/mol. The molecule has 0 spiro atoms. The summed E-state index contributed by atoms with van der Waals surface area (Å²) in [5.41, 5.74) is 9.22. The number of nitrogens with zero attached hydrogens (tertiary/aromatic N) is 6. The van der Waals surface area contributed by atoms with Crippen LogP contribution in [0.25, 0.3) is 45.0 Å². The fourth-order valence-electron chi connectivity index (χ4n) is 5.83. The van der Waals surface area contributed by atoms with E-state index in [1.165, 1.54) is 30.5 Å². The van der Waals surface area contributed by atoms with Gasteiger partial charge in [-0.05, 0) is 96.5 Å². The molecule has 0 fully saturated rings. The number of anilines is 2. The van der Waals surface area contributed by atoms with Crippen LogP contribution < -0.4 is 11.1 Å². The zero-order chi connectivity index (χ0) is 43.8. The van der Waals surface area contributed by atoms with Crippen molar-refractivity contribution in [1.29, 1.82) is 0 Å². The number of carbonyl (C=O) groups excluding carboxylic acids is 2. The van der Waals surface area contributed by atoms with E-state index in [0.717, 1.165) is 41.6 Å². The third-order valence-corrected chi connectivity index (χ3v) is 8.98. The van der Waals surface area contributed by atoms with Crippen LogP contribution in [0, 0.1) is 34.9 Å². The molecule has 0 saturated carbocycles. The Bertz CT molecular complexity index is 2810. The molecule has 4 aromatic heterocycles. The fourth-order valence-corrected chi connectivity index (χ4v) is 6.01. The van der Waals surface area contributed by atoms with Crippen LogP contribution in [-0.2, 0) is 14.1 Å². The molecule has 316 valence electrons. The van der Waals surface area contributed by atoms with E-state index in [9.17, 15) is 35.9 Å². The Morgan fingerprint density at radius 2 is 0.984 bits per heavy atom. The van der Waals surface area contributed by atoms with Crippen molar-refractivity contribution in [2.45, 2.75) is 7.43 Å². The van der Waals surface area contributed by atoms with Crippen LogP contribution in [0.2, 0.25) is 0 Å². The van der Waals surface area contributed by atoms with Gasteiger partial charge >= 0.3 is 0 Å². The van der Waals surface area contributed by atoms with Crippen molar-refractivity contribution in [3.05, 3.63) is 180 Å². The van der Waals surface area contributed by atoms with Crippen molar-refractivity contribution in [3.63, 3.8) is 0 Å². The molecule has 0 aliphatic heterocycles. The van der Waals surface area contributed by atoms with Gasteiger partial charge in [0, 0.05) is 48.7 Å². The zero-order valence-corrected chi connectivity index (χ0v) is 32.7. The number of nitrogen functional groups attached to an aromatic ring is 1. The minimum Gasteiger partial charge on any atom is -0.384 e. The van der Waals surface area contributed by atoms with Gasteiger partial charge in [-0.25, -0.2) is 36.3 Å². The minimum atomic E-state index is -1.12. The second kappa shape index (κ2) is 20.1. The number of aromatic nitrogens is 6. The Hall–Kier alpha value is -7.59. The number of amides is 1. The van der Waals surface area contributed by atoms with Crippen LogP contribution in [0.1, 0.15) is 28.1 Å². The molecular weight excluding hydrogens is 834 g/mol. The molecule has 0 bridgehead atoms. The molecule has 0 aliphatic rings. The van der Waals surface area contributed by atoms with E-state index < -0.39 is 45.5 Å². The van der Waals surface area contributed by atoms with Gasteiger partial charge in [0.25, 0.3) is 11.1 Å². The maximum Gasteiger partial charge on any atom is 0.262 e. The van der Waals surface area contributed by atoms with Gasteiger partial charge in [-0.15, -0.1) is 0 Å². The molecule has 4 aromatic carbocycles. The Morgan fingerprint density at radius 1 is 0.565 bits per heavy atom. The molecule has 8 rings (SSSR count). The first-order valence-electron chi connectivity index (χ1n) is 17.9. The normalized spacial score (nSPS) is 10.4. The average molecular weight is 869 g/mol. The third kappa shape index (κ3) is 10.6. The Balaban J connectivity index is 0.000000195. The van der Waals surface area contributed by atoms with Gasteiger partial charge in [0.05, 0.1) is 22.8 Å². The van der Waals surface area contributed by atoms with Crippen molar-refractivity contribution in [3.8, 4) is 45.0 Å². The standard InChI is InChI=1S/C22H15F3N4O.C15H13FN4.C7H3ClF2O.CH4/c1-29-19(11-18(28-29)14-5-2-3-6-15(14)23)13-9-10-20(26-12-13)27-22(30)21-16(24)7-4-8-17(21)25;1-20-14(10-6-7-15(17)18-9-10)8-13(19-20)11-4-2-3-5-12(11)16;8-7(11)6-4(9)2-1-3-5(6)10;/h2-12H,1H3,(H,26,27,30);2-9H,1H3,(H2,17,18);1-3H;1H4. The largest absolute Gasteiger partial charge is 0.384 e. The summed E-state index contributed by atoms with van der Waals surface area (Å²) >= 11 is 4.89. The summed E-state index contributed by atoms with van der Waals surface area (Å²) in [6.07, 6.45) is 3.16. The topological polar surface area (TPSA) is 134 Å². The maximum atomic E-state index is 14.0. The molecule has 0 unspecified atom stereocenters. The van der Waals surface area contributed by atoms with Crippen LogP contribution in [0.15, 0.2) is 134 Å². The summed E-state index contributed by atoms with van der Waals surface area (Å²) in [5.74, 6) is -4.80. The summed E-state index contributed by atoms with van der Waals surface area (Å²) in [5, 5.41) is 9.95. The molecule has 0 atom stereocenters. The lowest BCUT2D eigenvalue weighted by molar-refractivity contribution is 0.101. The first-order chi connectivity index (χ1) is 29.2. The number of rotatable bonds is 7. The number of pyridine rings is 2. The molecule has 3 N–H and O–H groups in total. The maximum absolute atomic E-state index is 14.0. The highest BCUT2D eigenvalue weighted by molar-refractivity contribution is 6.67. The van der Waals surface area contributed by atoms with Gasteiger partial charge in [0.1, 0.15) is 57.7 Å². The summed E-state index contributed by atoms with van der Waals surface area (Å²) < 4.78 is 83.7. The lowest BCUT2D eigenvalue weighted by Gasteiger charge is -2.07. The van der Waals surface area contributed by atoms with E-state index in [0.29, 0.717) is 39.6 Å². The summed E-state index contributed by atoms with van der Waals surface area (Å²) in [6, 6.07) is 29.5.